The van der Waals surface area contributed by atoms with E-state index >= 15 is 0 Å². The van der Waals surface area contributed by atoms with Gasteiger partial charge in [0.15, 0.2) is 0 Å². The molecule has 1 aromatic heterocycles. The maximum atomic E-state index is 6.02. The first-order valence-corrected chi connectivity index (χ1v) is 5.93. The zero-order chi connectivity index (χ0) is 12.3. The Morgan fingerprint density at radius 2 is 2.29 bits per heavy atom. The van der Waals surface area contributed by atoms with E-state index in [9.17, 15) is 0 Å². The van der Waals surface area contributed by atoms with Crippen LogP contribution in [0.15, 0.2) is 30.5 Å². The summed E-state index contributed by atoms with van der Waals surface area (Å²) in [6, 6.07) is 7.90. The zero-order valence-electron chi connectivity index (χ0n) is 9.89. The molecule has 2 rings (SSSR count). The molecule has 0 spiro atoms. The van der Waals surface area contributed by atoms with Crippen molar-refractivity contribution in [3.63, 3.8) is 0 Å². The highest BCUT2D eigenvalue weighted by atomic mass is 35.5. The van der Waals surface area contributed by atoms with Crippen molar-refractivity contribution < 1.29 is 0 Å². The maximum absolute atomic E-state index is 6.02. The van der Waals surface area contributed by atoms with Gasteiger partial charge in [0, 0.05) is 12.1 Å². The lowest BCUT2D eigenvalue weighted by atomic mass is 10.0. The average Bonchev–Trinajstić information content (AvgIpc) is 2.72. The van der Waals surface area contributed by atoms with Gasteiger partial charge >= 0.3 is 0 Å². The van der Waals surface area contributed by atoms with Gasteiger partial charge in [-0.15, -0.1) is 5.10 Å². The molecule has 5 heteroatoms. The van der Waals surface area contributed by atoms with Gasteiger partial charge in [-0.2, -0.15) is 0 Å². The minimum Gasteiger partial charge on any atom is -0.305 e. The number of rotatable bonds is 4. The van der Waals surface area contributed by atoms with Crippen molar-refractivity contribution in [3.8, 4) is 0 Å². The SMILES string of the molecule is CCNC(c1cccc(Cl)c1)c1cnnn1C. The Morgan fingerprint density at radius 3 is 2.88 bits per heavy atom. The molecule has 0 radical (unpaired) electrons. The van der Waals surface area contributed by atoms with Gasteiger partial charge in [0.25, 0.3) is 0 Å². The van der Waals surface area contributed by atoms with Crippen molar-refractivity contribution in [3.05, 3.63) is 46.7 Å². The molecule has 0 amide bonds. The molecule has 0 aliphatic carbocycles. The van der Waals surface area contributed by atoms with E-state index in [1.165, 1.54) is 0 Å². The monoisotopic (exact) mass is 250 g/mol. The summed E-state index contributed by atoms with van der Waals surface area (Å²) < 4.78 is 1.77. The quantitative estimate of drug-likeness (QED) is 0.904. The highest BCUT2D eigenvalue weighted by Gasteiger charge is 2.16. The van der Waals surface area contributed by atoms with Crippen LogP contribution >= 0.6 is 11.6 Å². The molecule has 0 aliphatic heterocycles. The summed E-state index contributed by atoms with van der Waals surface area (Å²) in [5.74, 6) is 0. The van der Waals surface area contributed by atoms with Gasteiger partial charge in [0.2, 0.25) is 0 Å². The highest BCUT2D eigenvalue weighted by Crippen LogP contribution is 2.23. The van der Waals surface area contributed by atoms with Crippen LogP contribution in [-0.2, 0) is 7.05 Å². The van der Waals surface area contributed by atoms with Gasteiger partial charge in [0.1, 0.15) is 0 Å². The minimum atomic E-state index is 0.0682. The Kier molecular flexibility index (Phi) is 3.76. The number of nitrogens with zero attached hydrogens (tertiary/aromatic N) is 3. The van der Waals surface area contributed by atoms with Crippen molar-refractivity contribution in [2.24, 2.45) is 7.05 Å². The van der Waals surface area contributed by atoms with E-state index < -0.39 is 0 Å². The molecule has 1 aromatic carbocycles. The summed E-state index contributed by atoms with van der Waals surface area (Å²) in [4.78, 5) is 0. The van der Waals surface area contributed by atoms with E-state index in [-0.39, 0.29) is 6.04 Å². The molecular weight excluding hydrogens is 236 g/mol. The van der Waals surface area contributed by atoms with Crippen LogP contribution in [0.4, 0.5) is 0 Å². The van der Waals surface area contributed by atoms with Gasteiger partial charge < -0.3 is 5.32 Å². The summed E-state index contributed by atoms with van der Waals surface area (Å²) in [5, 5.41) is 12.0. The van der Waals surface area contributed by atoms with E-state index in [1.54, 1.807) is 10.9 Å². The van der Waals surface area contributed by atoms with Crippen LogP contribution in [0.5, 0.6) is 0 Å². The third-order valence-corrected chi connectivity index (χ3v) is 2.87. The molecule has 4 nitrogen and oxygen atoms in total. The van der Waals surface area contributed by atoms with E-state index in [0.29, 0.717) is 0 Å². The predicted octanol–water partition coefficient (Wildman–Crippen LogP) is 2.17. The maximum Gasteiger partial charge on any atom is 0.0798 e. The number of hydrogen-bond acceptors (Lipinski definition) is 3. The summed E-state index contributed by atoms with van der Waals surface area (Å²) in [6.45, 7) is 2.93. The van der Waals surface area contributed by atoms with Crippen LogP contribution in [0.1, 0.15) is 24.2 Å². The van der Waals surface area contributed by atoms with Gasteiger partial charge in [0.05, 0.1) is 17.9 Å². The van der Waals surface area contributed by atoms with Crippen LogP contribution in [0.25, 0.3) is 0 Å². The van der Waals surface area contributed by atoms with Crippen LogP contribution < -0.4 is 5.32 Å². The minimum absolute atomic E-state index is 0.0682. The summed E-state index contributed by atoms with van der Waals surface area (Å²) >= 11 is 6.02. The lowest BCUT2D eigenvalue weighted by Crippen LogP contribution is -2.24. The third-order valence-electron chi connectivity index (χ3n) is 2.64. The van der Waals surface area contributed by atoms with Crippen molar-refractivity contribution >= 4 is 11.6 Å². The van der Waals surface area contributed by atoms with Crippen molar-refractivity contribution in [2.75, 3.05) is 6.54 Å². The van der Waals surface area contributed by atoms with Crippen LogP contribution in [0, 0.1) is 0 Å². The highest BCUT2D eigenvalue weighted by molar-refractivity contribution is 6.30. The molecule has 2 aromatic rings. The van der Waals surface area contributed by atoms with E-state index in [4.69, 9.17) is 11.6 Å². The normalized spacial score (nSPS) is 12.6. The van der Waals surface area contributed by atoms with E-state index in [1.807, 2.05) is 31.3 Å². The van der Waals surface area contributed by atoms with Gasteiger partial charge in [-0.3, -0.25) is 4.68 Å². The first-order valence-electron chi connectivity index (χ1n) is 5.55. The first kappa shape index (κ1) is 12.1. The number of halogens is 1. The third kappa shape index (κ3) is 2.65. The molecular formula is C12H15ClN4. The number of aryl methyl sites for hydroxylation is 1. The fraction of sp³-hybridized carbons (Fsp3) is 0.333. The smallest absolute Gasteiger partial charge is 0.0798 e. The molecule has 1 N–H and O–H groups in total. The molecule has 1 heterocycles. The number of benzene rings is 1. The first-order chi connectivity index (χ1) is 8.22. The summed E-state index contributed by atoms with van der Waals surface area (Å²) in [6.07, 6.45) is 1.77. The fourth-order valence-electron chi connectivity index (χ4n) is 1.84. The molecule has 0 aliphatic rings. The standard InChI is InChI=1S/C12H15ClN4/c1-3-14-12(11-8-15-16-17(11)2)9-5-4-6-10(13)7-9/h4-8,12,14H,3H2,1-2H3. The molecule has 0 saturated carbocycles. The molecule has 17 heavy (non-hydrogen) atoms. The van der Waals surface area contributed by atoms with Crippen molar-refractivity contribution in [1.29, 1.82) is 0 Å². The summed E-state index contributed by atoms with van der Waals surface area (Å²) in [5.41, 5.74) is 2.14. The Bertz CT molecular complexity index is 495. The van der Waals surface area contributed by atoms with E-state index in [0.717, 1.165) is 22.8 Å². The Morgan fingerprint density at radius 1 is 1.47 bits per heavy atom. The second-order valence-electron chi connectivity index (χ2n) is 3.83. The lowest BCUT2D eigenvalue weighted by Gasteiger charge is -2.18. The second kappa shape index (κ2) is 5.29. The molecule has 0 saturated heterocycles. The van der Waals surface area contributed by atoms with E-state index in [2.05, 4.69) is 22.6 Å². The Balaban J connectivity index is 2.39. The number of nitrogens with one attached hydrogen (secondary N) is 1. The molecule has 1 unspecified atom stereocenters. The lowest BCUT2D eigenvalue weighted by molar-refractivity contribution is 0.568. The topological polar surface area (TPSA) is 42.7 Å². The van der Waals surface area contributed by atoms with Crippen LogP contribution in [0.3, 0.4) is 0 Å². The molecule has 0 bridgehead atoms. The zero-order valence-corrected chi connectivity index (χ0v) is 10.6. The van der Waals surface area contributed by atoms with Crippen molar-refractivity contribution in [2.45, 2.75) is 13.0 Å². The Hall–Kier alpha value is -1.39. The van der Waals surface area contributed by atoms with Crippen molar-refractivity contribution in [1.82, 2.24) is 20.3 Å². The number of aromatic nitrogens is 3. The van der Waals surface area contributed by atoms with Crippen LogP contribution in [0.2, 0.25) is 5.02 Å². The van der Waals surface area contributed by atoms with Crippen LogP contribution in [-0.4, -0.2) is 21.5 Å². The predicted molar refractivity (Wildman–Crippen MR) is 68.0 cm³/mol. The second-order valence-corrected chi connectivity index (χ2v) is 4.26. The largest absolute Gasteiger partial charge is 0.305 e. The summed E-state index contributed by atoms with van der Waals surface area (Å²) in [7, 11) is 1.89. The van der Waals surface area contributed by atoms with Gasteiger partial charge in [-0.25, -0.2) is 0 Å². The molecule has 0 fully saturated rings. The van der Waals surface area contributed by atoms with Gasteiger partial charge in [-0.05, 0) is 24.2 Å². The Labute approximate surface area is 106 Å². The number of hydrogen-bond donors (Lipinski definition) is 1. The molecule has 90 valence electrons. The molecule has 1 atom stereocenters. The van der Waals surface area contributed by atoms with Gasteiger partial charge in [-0.1, -0.05) is 35.9 Å². The fourth-order valence-corrected chi connectivity index (χ4v) is 2.04. The average molecular weight is 251 g/mol.